The lowest BCUT2D eigenvalue weighted by molar-refractivity contribution is -0.143. The predicted octanol–water partition coefficient (Wildman–Crippen LogP) is 5.47. The van der Waals surface area contributed by atoms with Crippen molar-refractivity contribution in [2.24, 2.45) is 11.8 Å². The van der Waals surface area contributed by atoms with Crippen LogP contribution in [0.25, 0.3) is 17.0 Å². The molecular formula is C29H35N3O4. The normalized spacial score (nSPS) is 17.5. The first-order valence-electron chi connectivity index (χ1n) is 13.0. The molecule has 1 unspecified atom stereocenters. The maximum Gasteiger partial charge on any atom is 0.306 e. The van der Waals surface area contributed by atoms with Crippen molar-refractivity contribution in [2.75, 3.05) is 26.2 Å². The van der Waals surface area contributed by atoms with E-state index in [1.807, 2.05) is 12.1 Å². The van der Waals surface area contributed by atoms with Crippen molar-refractivity contribution in [3.05, 3.63) is 58.8 Å². The molecule has 1 aromatic heterocycles. The van der Waals surface area contributed by atoms with Crippen molar-refractivity contribution in [1.29, 1.82) is 0 Å². The molecule has 2 aromatic carbocycles. The minimum atomic E-state index is -0.672. The van der Waals surface area contributed by atoms with E-state index in [2.05, 4.69) is 66.2 Å². The minimum absolute atomic E-state index is 0.0875. The van der Waals surface area contributed by atoms with Gasteiger partial charge in [-0.15, -0.1) is 0 Å². The largest absolute Gasteiger partial charge is 0.488 e. The summed E-state index contributed by atoms with van der Waals surface area (Å²) in [4.78, 5) is 13.5. The number of carboxylic acid groups (broad SMARTS) is 1. The number of aromatic amines is 1. The number of aryl methyl sites for hydroxylation is 1. The van der Waals surface area contributed by atoms with Crippen LogP contribution in [0.5, 0.6) is 11.5 Å². The van der Waals surface area contributed by atoms with Crippen LogP contribution >= 0.6 is 0 Å². The summed E-state index contributed by atoms with van der Waals surface area (Å²) in [6, 6.07) is 12.4. The van der Waals surface area contributed by atoms with Crippen LogP contribution in [0.3, 0.4) is 0 Å². The van der Waals surface area contributed by atoms with Crippen LogP contribution in [0.4, 0.5) is 0 Å². The summed E-state index contributed by atoms with van der Waals surface area (Å²) >= 11 is 0. The number of nitrogens with zero attached hydrogens (tertiary/aromatic N) is 2. The highest BCUT2D eigenvalue weighted by Gasteiger charge is 2.26. The van der Waals surface area contributed by atoms with E-state index in [-0.39, 0.29) is 17.9 Å². The highest BCUT2D eigenvalue weighted by Crippen LogP contribution is 2.35. The molecule has 1 atom stereocenters. The molecule has 1 saturated heterocycles. The number of aromatic nitrogens is 2. The Bertz CT molecular complexity index is 1270. The number of H-pyrrole nitrogens is 1. The molecule has 7 heteroatoms. The smallest absolute Gasteiger partial charge is 0.306 e. The van der Waals surface area contributed by atoms with E-state index in [9.17, 15) is 9.90 Å². The van der Waals surface area contributed by atoms with E-state index in [1.165, 1.54) is 5.57 Å². The Morgan fingerprint density at radius 1 is 1.22 bits per heavy atom. The van der Waals surface area contributed by atoms with Crippen LogP contribution in [-0.2, 0) is 11.2 Å². The minimum Gasteiger partial charge on any atom is -0.488 e. The fourth-order valence-electron chi connectivity index (χ4n) is 5.24. The van der Waals surface area contributed by atoms with Crippen LogP contribution < -0.4 is 9.47 Å². The van der Waals surface area contributed by atoms with Crippen LogP contribution in [0.2, 0.25) is 0 Å². The van der Waals surface area contributed by atoms with Gasteiger partial charge in [-0.3, -0.25) is 14.8 Å². The molecule has 2 N–H and O–H groups in total. The number of hydrogen-bond acceptors (Lipinski definition) is 5. The fourth-order valence-corrected chi connectivity index (χ4v) is 5.24. The zero-order valence-electron chi connectivity index (χ0n) is 21.3. The second-order valence-corrected chi connectivity index (χ2v) is 10.3. The predicted molar refractivity (Wildman–Crippen MR) is 140 cm³/mol. The van der Waals surface area contributed by atoms with Crippen molar-refractivity contribution in [1.82, 2.24) is 15.1 Å². The van der Waals surface area contributed by atoms with Crippen LogP contribution in [0, 0.1) is 11.8 Å². The molecule has 0 radical (unpaired) electrons. The lowest BCUT2D eigenvalue weighted by Crippen LogP contribution is -2.38. The molecule has 0 aliphatic carbocycles. The Hall–Kier alpha value is -3.32. The van der Waals surface area contributed by atoms with Gasteiger partial charge in [0.25, 0.3) is 0 Å². The topological polar surface area (TPSA) is 87.7 Å². The van der Waals surface area contributed by atoms with E-state index in [0.717, 1.165) is 65.3 Å². The molecule has 3 aromatic rings. The lowest BCUT2D eigenvalue weighted by Gasteiger charge is -2.31. The lowest BCUT2D eigenvalue weighted by atomic mass is 9.96. The van der Waals surface area contributed by atoms with E-state index < -0.39 is 5.97 Å². The van der Waals surface area contributed by atoms with Crippen molar-refractivity contribution < 1.29 is 19.4 Å². The second-order valence-electron chi connectivity index (χ2n) is 10.3. The molecule has 2 aliphatic heterocycles. The number of piperidine rings is 1. The van der Waals surface area contributed by atoms with E-state index in [4.69, 9.17) is 9.47 Å². The van der Waals surface area contributed by atoms with Crippen molar-refractivity contribution in [2.45, 2.75) is 46.1 Å². The van der Waals surface area contributed by atoms with Crippen molar-refractivity contribution >= 4 is 22.9 Å². The molecule has 5 rings (SSSR count). The third kappa shape index (κ3) is 5.12. The first-order valence-corrected chi connectivity index (χ1v) is 13.0. The summed E-state index contributed by atoms with van der Waals surface area (Å²) in [5, 5.41) is 17.9. The summed E-state index contributed by atoms with van der Waals surface area (Å²) in [5.41, 5.74) is 5.53. The van der Waals surface area contributed by atoms with Gasteiger partial charge in [-0.25, -0.2) is 0 Å². The van der Waals surface area contributed by atoms with Crippen molar-refractivity contribution in [3.8, 4) is 11.5 Å². The van der Waals surface area contributed by atoms with Gasteiger partial charge >= 0.3 is 5.97 Å². The third-order valence-corrected chi connectivity index (χ3v) is 7.33. The highest BCUT2D eigenvalue weighted by molar-refractivity contribution is 5.82. The first kappa shape index (κ1) is 24.4. The maximum atomic E-state index is 11.2. The summed E-state index contributed by atoms with van der Waals surface area (Å²) in [6.45, 7) is 9.46. The van der Waals surface area contributed by atoms with Crippen molar-refractivity contribution in [3.63, 3.8) is 0 Å². The Labute approximate surface area is 212 Å². The standard InChI is InChI=1S/C29H35N3O4/c1-4-25-24-14-22(6-8-26(24)31-30-25)28(18(2)3)36-23-7-5-21-13-19(17-35-27(21)15-23)16-32-11-9-20(10-12-32)29(33)34/h5-8,13-15,18,20,28H,4,9-12,16-17H2,1-3H3,(H,30,31)(H,33,34). The van der Waals surface area contributed by atoms with Gasteiger partial charge in [0.1, 0.15) is 24.2 Å². The average Bonchev–Trinajstić information content (AvgIpc) is 3.29. The molecule has 190 valence electrons. The number of fused-ring (bicyclic) bond motifs is 2. The number of benzene rings is 2. The van der Waals surface area contributed by atoms with Gasteiger partial charge in [0.05, 0.1) is 11.4 Å². The van der Waals surface area contributed by atoms with Gasteiger partial charge < -0.3 is 14.6 Å². The number of carbonyl (C=O) groups is 1. The van der Waals surface area contributed by atoms with Gasteiger partial charge in [0.15, 0.2) is 0 Å². The summed E-state index contributed by atoms with van der Waals surface area (Å²) in [6.07, 6.45) is 4.45. The van der Waals surface area contributed by atoms with Gasteiger partial charge in [-0.1, -0.05) is 26.8 Å². The maximum absolute atomic E-state index is 11.2. The molecule has 0 saturated carbocycles. The van der Waals surface area contributed by atoms with E-state index in [0.29, 0.717) is 19.4 Å². The monoisotopic (exact) mass is 489 g/mol. The number of ether oxygens (including phenoxy) is 2. The zero-order chi connectivity index (χ0) is 25.2. The molecule has 3 heterocycles. The van der Waals surface area contributed by atoms with Gasteiger partial charge in [-0.05, 0) is 79.7 Å². The summed E-state index contributed by atoms with van der Waals surface area (Å²) < 4.78 is 12.6. The van der Waals surface area contributed by atoms with Gasteiger partial charge in [0, 0.05) is 29.3 Å². The SMILES string of the molecule is CCc1[nH]nc2ccc(C(Oc3ccc4c(c3)OCC(CN3CCC(C(=O)O)CC3)=C4)C(C)C)cc12. The van der Waals surface area contributed by atoms with Crippen LogP contribution in [-0.4, -0.2) is 52.4 Å². The molecule has 36 heavy (non-hydrogen) atoms. The zero-order valence-corrected chi connectivity index (χ0v) is 21.3. The molecule has 2 aliphatic rings. The Balaban J connectivity index is 1.28. The van der Waals surface area contributed by atoms with Crippen LogP contribution in [0.1, 0.15) is 56.5 Å². The van der Waals surface area contributed by atoms with Crippen LogP contribution in [0.15, 0.2) is 42.0 Å². The molecule has 0 amide bonds. The number of aliphatic carboxylic acids is 1. The number of rotatable bonds is 8. The number of nitrogens with one attached hydrogen (secondary N) is 1. The molecular weight excluding hydrogens is 454 g/mol. The average molecular weight is 490 g/mol. The number of likely N-dealkylation sites (tertiary alicyclic amines) is 1. The van der Waals surface area contributed by atoms with Gasteiger partial charge in [-0.2, -0.15) is 5.10 Å². The Kier molecular flexibility index (Phi) is 7.01. The highest BCUT2D eigenvalue weighted by atomic mass is 16.5. The molecule has 7 nitrogen and oxygen atoms in total. The third-order valence-electron chi connectivity index (χ3n) is 7.33. The fraction of sp³-hybridized carbons (Fsp3) is 0.448. The van der Waals surface area contributed by atoms with E-state index in [1.54, 1.807) is 0 Å². The first-order chi connectivity index (χ1) is 17.4. The Morgan fingerprint density at radius 2 is 2.03 bits per heavy atom. The Morgan fingerprint density at radius 3 is 2.75 bits per heavy atom. The molecule has 0 spiro atoms. The number of carboxylic acids is 1. The van der Waals surface area contributed by atoms with Gasteiger partial charge in [0.2, 0.25) is 0 Å². The molecule has 1 fully saturated rings. The summed E-state index contributed by atoms with van der Waals surface area (Å²) in [7, 11) is 0. The summed E-state index contributed by atoms with van der Waals surface area (Å²) in [5.74, 6) is 1.04. The number of hydrogen-bond donors (Lipinski definition) is 2. The molecule has 0 bridgehead atoms. The van der Waals surface area contributed by atoms with E-state index >= 15 is 0 Å². The quantitative estimate of drug-likeness (QED) is 0.436. The second kappa shape index (κ2) is 10.3.